The van der Waals surface area contributed by atoms with Crippen LogP contribution in [0, 0.1) is 0 Å². The topological polar surface area (TPSA) is 43.1 Å². The summed E-state index contributed by atoms with van der Waals surface area (Å²) in [4.78, 5) is 16.5. The van der Waals surface area contributed by atoms with Crippen molar-refractivity contribution < 1.29 is 0 Å². The molecule has 0 atom stereocenters. The Morgan fingerprint density at radius 3 is 1.65 bits per heavy atom. The number of hydrogen-bond acceptors (Lipinski definition) is 4. The Hall–Kier alpha value is -6.95. The van der Waals surface area contributed by atoms with Gasteiger partial charge in [-0.15, -0.1) is 11.3 Å². The normalized spacial score (nSPS) is 11.7. The number of pyridine rings is 1. The van der Waals surface area contributed by atoms with E-state index in [4.69, 9.17) is 15.0 Å². The van der Waals surface area contributed by atoms with Gasteiger partial charge in [0, 0.05) is 37.5 Å². The molecule has 0 radical (unpaired) electrons. The zero-order valence-electron chi connectivity index (χ0n) is 29.0. The first kappa shape index (κ1) is 30.7. The lowest BCUT2D eigenvalue weighted by Crippen LogP contribution is -1.96. The van der Waals surface area contributed by atoms with Crippen molar-refractivity contribution in [3.63, 3.8) is 0 Å². The van der Waals surface area contributed by atoms with Gasteiger partial charge >= 0.3 is 0 Å². The zero-order valence-corrected chi connectivity index (χ0v) is 29.8. The van der Waals surface area contributed by atoms with Gasteiger partial charge in [-0.25, -0.2) is 15.0 Å². The monoisotopic (exact) mass is 706 g/mol. The van der Waals surface area contributed by atoms with Gasteiger partial charge in [0.05, 0.1) is 22.4 Å². The Morgan fingerprint density at radius 1 is 0.389 bits per heavy atom. The molecule has 7 aromatic carbocycles. The molecule has 11 rings (SSSR count). The van der Waals surface area contributed by atoms with Gasteiger partial charge in [0.25, 0.3) is 0 Å². The van der Waals surface area contributed by atoms with Gasteiger partial charge in [-0.1, -0.05) is 140 Å². The SMILES string of the molecule is c1ccc(-c2cc(-c3ccccc3)nc(-c3cccc(-c4cccc(-c5ccc6sc7c(c6c5)c5ccccc5c5nc6ccccc6n57)c4)c3)n2)cc1. The van der Waals surface area contributed by atoms with Crippen LogP contribution in [0.5, 0.6) is 0 Å². The molecule has 54 heavy (non-hydrogen) atoms. The number of thiophene rings is 1. The first-order valence-electron chi connectivity index (χ1n) is 18.1. The summed E-state index contributed by atoms with van der Waals surface area (Å²) >= 11 is 1.84. The predicted molar refractivity (Wildman–Crippen MR) is 226 cm³/mol. The molecule has 0 unspecified atom stereocenters. The van der Waals surface area contributed by atoms with Crippen molar-refractivity contribution in [3.8, 4) is 56.2 Å². The summed E-state index contributed by atoms with van der Waals surface area (Å²) in [6.07, 6.45) is 0. The molecule has 0 aliphatic carbocycles. The summed E-state index contributed by atoms with van der Waals surface area (Å²) in [6.45, 7) is 0. The van der Waals surface area contributed by atoms with Crippen LogP contribution in [0.4, 0.5) is 0 Å². The van der Waals surface area contributed by atoms with Crippen LogP contribution in [0.2, 0.25) is 0 Å². The van der Waals surface area contributed by atoms with Crippen molar-refractivity contribution in [2.24, 2.45) is 0 Å². The maximum Gasteiger partial charge on any atom is 0.160 e. The van der Waals surface area contributed by atoms with E-state index in [9.17, 15) is 0 Å². The van der Waals surface area contributed by atoms with Crippen molar-refractivity contribution >= 4 is 59.1 Å². The molecule has 4 heterocycles. The fraction of sp³-hybridized carbons (Fsp3) is 0. The van der Waals surface area contributed by atoms with Gasteiger partial charge in [-0.2, -0.15) is 0 Å². The minimum absolute atomic E-state index is 0.704. The largest absolute Gasteiger partial charge is 0.283 e. The first-order chi connectivity index (χ1) is 26.7. The van der Waals surface area contributed by atoms with Gasteiger partial charge in [0.1, 0.15) is 10.5 Å². The quantitative estimate of drug-likeness (QED) is 0.179. The van der Waals surface area contributed by atoms with Crippen LogP contribution in [-0.2, 0) is 0 Å². The average molecular weight is 707 g/mol. The number of nitrogens with zero attached hydrogens (tertiary/aromatic N) is 4. The Balaban J connectivity index is 1.03. The highest BCUT2D eigenvalue weighted by Gasteiger charge is 2.18. The molecule has 0 bridgehead atoms. The minimum atomic E-state index is 0.704. The van der Waals surface area contributed by atoms with E-state index >= 15 is 0 Å². The standard InChI is InChI=1S/C49H30N4S/c1-3-13-31(14-4-1)42-30-43(32-15-5-2-6-16-32)51-47(50-42)37-20-12-19-35(28-37)33-17-11-18-34(27-33)36-25-26-45-40(29-36)46-38-21-7-8-22-39(38)48-52-41-23-9-10-24-44(41)53(48)49(46)54-45/h1-30H. The second kappa shape index (κ2) is 12.3. The molecule has 0 spiro atoms. The van der Waals surface area contributed by atoms with Crippen molar-refractivity contribution in [2.75, 3.05) is 0 Å². The van der Waals surface area contributed by atoms with E-state index in [0.717, 1.165) is 55.9 Å². The van der Waals surface area contributed by atoms with Crippen molar-refractivity contribution in [3.05, 3.63) is 182 Å². The Morgan fingerprint density at radius 2 is 0.944 bits per heavy atom. The maximum absolute atomic E-state index is 5.09. The lowest BCUT2D eigenvalue weighted by Gasteiger charge is -2.11. The summed E-state index contributed by atoms with van der Waals surface area (Å²) in [5.41, 5.74) is 12.7. The molecular formula is C49H30N4S. The fourth-order valence-corrected chi connectivity index (χ4v) is 9.01. The molecule has 0 N–H and O–H groups in total. The van der Waals surface area contributed by atoms with Crippen LogP contribution in [0.3, 0.4) is 0 Å². The molecular weight excluding hydrogens is 677 g/mol. The minimum Gasteiger partial charge on any atom is -0.283 e. The zero-order chi connectivity index (χ0) is 35.6. The van der Waals surface area contributed by atoms with E-state index in [-0.39, 0.29) is 0 Å². The number of hydrogen-bond donors (Lipinski definition) is 0. The Kier molecular flexibility index (Phi) is 7.00. The summed E-state index contributed by atoms with van der Waals surface area (Å²) < 4.78 is 3.62. The molecule has 252 valence electrons. The second-order valence-corrected chi connectivity index (χ2v) is 14.7. The van der Waals surface area contributed by atoms with E-state index in [1.807, 2.05) is 47.7 Å². The smallest absolute Gasteiger partial charge is 0.160 e. The van der Waals surface area contributed by atoms with Crippen LogP contribution in [0.1, 0.15) is 0 Å². The van der Waals surface area contributed by atoms with Crippen LogP contribution < -0.4 is 0 Å². The van der Waals surface area contributed by atoms with Gasteiger partial charge < -0.3 is 0 Å². The summed E-state index contributed by atoms with van der Waals surface area (Å²) in [7, 11) is 0. The molecule has 0 fully saturated rings. The third-order valence-electron chi connectivity index (χ3n) is 10.4. The maximum atomic E-state index is 5.09. The molecule has 4 aromatic heterocycles. The second-order valence-electron chi connectivity index (χ2n) is 13.7. The first-order valence-corrected chi connectivity index (χ1v) is 18.9. The van der Waals surface area contributed by atoms with Crippen molar-refractivity contribution in [2.45, 2.75) is 0 Å². The lowest BCUT2D eigenvalue weighted by atomic mass is 9.96. The molecule has 0 saturated carbocycles. The molecule has 0 saturated heterocycles. The highest BCUT2D eigenvalue weighted by molar-refractivity contribution is 7.25. The molecule has 0 aliphatic rings. The van der Waals surface area contributed by atoms with Crippen LogP contribution in [-0.4, -0.2) is 19.4 Å². The highest BCUT2D eigenvalue weighted by Crippen LogP contribution is 2.43. The number of aromatic nitrogens is 4. The number of rotatable bonds is 5. The molecule has 4 nitrogen and oxygen atoms in total. The lowest BCUT2D eigenvalue weighted by molar-refractivity contribution is 1.18. The third-order valence-corrected chi connectivity index (χ3v) is 11.5. The van der Waals surface area contributed by atoms with Gasteiger partial charge in [0.2, 0.25) is 0 Å². The molecule has 0 aliphatic heterocycles. The number of benzene rings is 7. The van der Waals surface area contributed by atoms with Gasteiger partial charge in [0.15, 0.2) is 5.82 Å². The highest BCUT2D eigenvalue weighted by atomic mass is 32.1. The van der Waals surface area contributed by atoms with Crippen LogP contribution in [0.15, 0.2) is 182 Å². The molecule has 0 amide bonds. The predicted octanol–water partition coefficient (Wildman–Crippen LogP) is 13.1. The Bertz CT molecular complexity index is 3160. The van der Waals surface area contributed by atoms with Gasteiger partial charge in [-0.3, -0.25) is 4.40 Å². The van der Waals surface area contributed by atoms with Crippen molar-refractivity contribution in [1.29, 1.82) is 0 Å². The third kappa shape index (κ3) is 5.01. The molecule has 11 aromatic rings. The summed E-state index contributed by atoms with van der Waals surface area (Å²) in [5, 5.41) is 4.95. The summed E-state index contributed by atoms with van der Waals surface area (Å²) in [5.74, 6) is 0.704. The van der Waals surface area contributed by atoms with Crippen molar-refractivity contribution in [1.82, 2.24) is 19.4 Å². The van der Waals surface area contributed by atoms with E-state index in [2.05, 4.69) is 150 Å². The van der Waals surface area contributed by atoms with E-state index in [0.29, 0.717) is 5.82 Å². The van der Waals surface area contributed by atoms with E-state index < -0.39 is 0 Å². The number of para-hydroxylation sites is 2. The number of fused-ring (bicyclic) bond motifs is 10. The Labute approximate surface area is 315 Å². The van der Waals surface area contributed by atoms with Crippen LogP contribution >= 0.6 is 11.3 Å². The van der Waals surface area contributed by atoms with E-state index in [1.165, 1.54) is 42.2 Å². The molecule has 5 heteroatoms. The fourth-order valence-electron chi connectivity index (χ4n) is 7.80. The van der Waals surface area contributed by atoms with Crippen LogP contribution in [0.25, 0.3) is 104 Å². The van der Waals surface area contributed by atoms with E-state index in [1.54, 1.807) is 0 Å². The average Bonchev–Trinajstić information content (AvgIpc) is 3.83. The summed E-state index contributed by atoms with van der Waals surface area (Å²) in [6, 6.07) is 64.2. The number of imidazole rings is 1. The van der Waals surface area contributed by atoms with Gasteiger partial charge in [-0.05, 0) is 70.1 Å².